The highest BCUT2D eigenvalue weighted by atomic mass is 79.9. The smallest absolute Gasteiger partial charge is 0.330 e. The van der Waals surface area contributed by atoms with Crippen LogP contribution in [0.5, 0.6) is 0 Å². The van der Waals surface area contributed by atoms with Crippen LogP contribution in [0.1, 0.15) is 18.4 Å². The molecule has 1 atom stereocenters. The third-order valence-electron chi connectivity index (χ3n) is 4.08. The summed E-state index contributed by atoms with van der Waals surface area (Å²) < 4.78 is 2.53. The van der Waals surface area contributed by atoms with Gasteiger partial charge in [0.2, 0.25) is 0 Å². The third kappa shape index (κ3) is 3.56. The van der Waals surface area contributed by atoms with Crippen molar-refractivity contribution >= 4 is 21.7 Å². The van der Waals surface area contributed by atoms with Crippen LogP contribution in [0.15, 0.2) is 44.4 Å². The van der Waals surface area contributed by atoms with Crippen LogP contribution in [-0.4, -0.2) is 28.7 Å². The lowest BCUT2D eigenvalue weighted by molar-refractivity contribution is 0.494. The molecule has 7 heteroatoms. The molecule has 122 valence electrons. The molecule has 0 aliphatic carbocycles. The molecule has 0 unspecified atom stereocenters. The number of nitrogens with two attached hydrogens (primary N) is 1. The van der Waals surface area contributed by atoms with Gasteiger partial charge in [0, 0.05) is 29.7 Å². The first-order valence-electron chi connectivity index (χ1n) is 7.62. The summed E-state index contributed by atoms with van der Waals surface area (Å²) in [7, 11) is 0. The van der Waals surface area contributed by atoms with Gasteiger partial charge in [-0.05, 0) is 24.5 Å². The highest BCUT2D eigenvalue weighted by Gasteiger charge is 2.21. The zero-order valence-corrected chi connectivity index (χ0v) is 14.3. The normalized spacial score (nSPS) is 18.2. The number of anilines is 1. The minimum absolute atomic E-state index is 0.0649. The van der Waals surface area contributed by atoms with Crippen LogP contribution in [0.4, 0.5) is 5.82 Å². The molecule has 0 saturated carbocycles. The maximum absolute atomic E-state index is 12.3. The Balaban J connectivity index is 2.03. The van der Waals surface area contributed by atoms with Gasteiger partial charge in [-0.25, -0.2) is 4.79 Å². The number of H-pyrrole nitrogens is 1. The molecule has 3 rings (SSSR count). The van der Waals surface area contributed by atoms with Crippen LogP contribution in [0.25, 0.3) is 0 Å². The summed E-state index contributed by atoms with van der Waals surface area (Å²) in [5.74, 6) is 0.629. The van der Waals surface area contributed by atoms with Crippen molar-refractivity contribution < 1.29 is 0 Å². The number of aromatic nitrogens is 2. The molecule has 1 aliphatic rings. The lowest BCUT2D eigenvalue weighted by atomic mass is 10.1. The van der Waals surface area contributed by atoms with Crippen LogP contribution in [0, 0.1) is 0 Å². The van der Waals surface area contributed by atoms with Gasteiger partial charge in [-0.2, -0.15) is 0 Å². The van der Waals surface area contributed by atoms with Crippen molar-refractivity contribution in [3.05, 3.63) is 61.2 Å². The molecule has 0 radical (unpaired) electrons. The van der Waals surface area contributed by atoms with Crippen molar-refractivity contribution in [1.82, 2.24) is 9.55 Å². The van der Waals surface area contributed by atoms with Crippen molar-refractivity contribution in [3.63, 3.8) is 0 Å². The Hall–Kier alpha value is -1.86. The van der Waals surface area contributed by atoms with E-state index < -0.39 is 5.69 Å². The van der Waals surface area contributed by atoms with Gasteiger partial charge in [-0.3, -0.25) is 14.3 Å². The fourth-order valence-electron chi connectivity index (χ4n) is 2.94. The highest BCUT2D eigenvalue weighted by molar-refractivity contribution is 9.10. The second-order valence-corrected chi connectivity index (χ2v) is 6.68. The Morgan fingerprint density at radius 2 is 2.09 bits per heavy atom. The number of benzene rings is 1. The molecular formula is C16H19BrN4O2. The summed E-state index contributed by atoms with van der Waals surface area (Å²) in [6.45, 7) is 1.84. The Labute approximate surface area is 142 Å². The van der Waals surface area contributed by atoms with E-state index in [9.17, 15) is 9.59 Å². The van der Waals surface area contributed by atoms with Gasteiger partial charge in [-0.15, -0.1) is 0 Å². The number of hydrogen-bond acceptors (Lipinski definition) is 4. The molecule has 0 amide bonds. The average Bonchev–Trinajstić information content (AvgIpc) is 2.51. The van der Waals surface area contributed by atoms with Crippen molar-refractivity contribution in [2.45, 2.75) is 25.4 Å². The van der Waals surface area contributed by atoms with Crippen LogP contribution in [0.2, 0.25) is 0 Å². The number of nitrogens with one attached hydrogen (secondary N) is 1. The fraction of sp³-hybridized carbons (Fsp3) is 0.375. The lowest BCUT2D eigenvalue weighted by Crippen LogP contribution is -2.46. The summed E-state index contributed by atoms with van der Waals surface area (Å²) in [6, 6.07) is 9.28. The summed E-state index contributed by atoms with van der Waals surface area (Å²) in [4.78, 5) is 28.5. The van der Waals surface area contributed by atoms with Crippen LogP contribution >= 0.6 is 15.9 Å². The van der Waals surface area contributed by atoms with E-state index in [-0.39, 0.29) is 11.6 Å². The van der Waals surface area contributed by atoms with Gasteiger partial charge in [0.25, 0.3) is 5.56 Å². The van der Waals surface area contributed by atoms with E-state index in [1.807, 2.05) is 29.2 Å². The van der Waals surface area contributed by atoms with Crippen LogP contribution < -0.4 is 21.9 Å². The minimum atomic E-state index is -0.401. The lowest BCUT2D eigenvalue weighted by Gasteiger charge is -2.33. The fourth-order valence-corrected chi connectivity index (χ4v) is 3.35. The van der Waals surface area contributed by atoms with Gasteiger partial charge in [0.05, 0.1) is 6.54 Å². The molecule has 1 aromatic heterocycles. The number of hydrogen-bond donors (Lipinski definition) is 2. The molecular weight excluding hydrogens is 360 g/mol. The molecule has 1 fully saturated rings. The quantitative estimate of drug-likeness (QED) is 0.842. The monoisotopic (exact) mass is 378 g/mol. The average molecular weight is 379 g/mol. The maximum Gasteiger partial charge on any atom is 0.330 e. The van der Waals surface area contributed by atoms with Gasteiger partial charge >= 0.3 is 5.69 Å². The first kappa shape index (κ1) is 16.0. The number of nitrogens with zero attached hydrogens (tertiary/aromatic N) is 2. The van der Waals surface area contributed by atoms with Gasteiger partial charge in [0.15, 0.2) is 0 Å². The Morgan fingerprint density at radius 1 is 1.30 bits per heavy atom. The summed E-state index contributed by atoms with van der Waals surface area (Å²) >= 11 is 3.50. The van der Waals surface area contributed by atoms with Gasteiger partial charge < -0.3 is 10.6 Å². The molecule has 2 aromatic rings. The molecule has 1 saturated heterocycles. The second kappa shape index (κ2) is 6.72. The van der Waals surface area contributed by atoms with E-state index in [1.54, 1.807) is 4.57 Å². The molecule has 6 nitrogen and oxygen atoms in total. The molecule has 1 aromatic carbocycles. The standard InChI is InChI=1S/C16H19BrN4O2/c17-13-6-2-1-4-11(13)9-21-15(8-14(22)19-16(21)23)20-7-3-5-12(18)10-20/h1-2,4,6,8,12H,3,5,7,9-10,18H2,(H,19,22,23)/t12-/m1/s1. The van der Waals surface area contributed by atoms with Crippen molar-refractivity contribution in [2.24, 2.45) is 5.73 Å². The summed E-state index contributed by atoms with van der Waals surface area (Å²) in [6.07, 6.45) is 1.92. The topological polar surface area (TPSA) is 84.1 Å². The highest BCUT2D eigenvalue weighted by Crippen LogP contribution is 2.21. The number of aromatic amines is 1. The van der Waals surface area contributed by atoms with Crippen LogP contribution in [-0.2, 0) is 6.54 Å². The summed E-state index contributed by atoms with van der Waals surface area (Å²) in [5.41, 5.74) is 6.24. The van der Waals surface area contributed by atoms with E-state index in [0.29, 0.717) is 18.9 Å². The first-order chi connectivity index (χ1) is 11.0. The van der Waals surface area contributed by atoms with Crippen molar-refractivity contribution in [1.29, 1.82) is 0 Å². The van der Waals surface area contributed by atoms with Crippen LogP contribution in [0.3, 0.4) is 0 Å². The zero-order chi connectivity index (χ0) is 16.4. The van der Waals surface area contributed by atoms with E-state index in [1.165, 1.54) is 6.07 Å². The third-order valence-corrected chi connectivity index (χ3v) is 4.85. The van der Waals surface area contributed by atoms with E-state index in [0.717, 1.165) is 29.4 Å². The Kier molecular flexibility index (Phi) is 4.68. The molecule has 3 N–H and O–H groups in total. The van der Waals surface area contributed by atoms with E-state index in [2.05, 4.69) is 20.9 Å². The predicted octanol–water partition coefficient (Wildman–Crippen LogP) is 1.27. The zero-order valence-electron chi connectivity index (χ0n) is 12.7. The Bertz CT molecular complexity index is 814. The number of halogens is 1. The van der Waals surface area contributed by atoms with Crippen molar-refractivity contribution in [3.8, 4) is 0 Å². The van der Waals surface area contributed by atoms with Gasteiger partial charge in [0.1, 0.15) is 5.82 Å². The Morgan fingerprint density at radius 3 is 2.83 bits per heavy atom. The first-order valence-corrected chi connectivity index (χ1v) is 8.42. The minimum Gasteiger partial charge on any atom is -0.356 e. The maximum atomic E-state index is 12.3. The second-order valence-electron chi connectivity index (χ2n) is 5.82. The molecule has 1 aliphatic heterocycles. The van der Waals surface area contributed by atoms with E-state index >= 15 is 0 Å². The molecule has 2 heterocycles. The van der Waals surface area contributed by atoms with Gasteiger partial charge in [-0.1, -0.05) is 34.1 Å². The predicted molar refractivity (Wildman–Crippen MR) is 94.0 cm³/mol. The molecule has 0 spiro atoms. The number of rotatable bonds is 3. The largest absolute Gasteiger partial charge is 0.356 e. The van der Waals surface area contributed by atoms with Crippen molar-refractivity contribution in [2.75, 3.05) is 18.0 Å². The molecule has 0 bridgehead atoms. The van der Waals surface area contributed by atoms with E-state index in [4.69, 9.17) is 5.73 Å². The SMILES string of the molecule is N[C@@H]1CCCN(c2cc(=O)[nH]c(=O)n2Cc2ccccc2Br)C1. The molecule has 23 heavy (non-hydrogen) atoms. The summed E-state index contributed by atoms with van der Waals surface area (Å²) in [5, 5.41) is 0. The number of piperidine rings is 1.